The number of carbonyl (C=O) groups excluding carboxylic acids is 1. The maximum Gasteiger partial charge on any atom is 0.230 e. The Hall–Kier alpha value is -1.85. The summed E-state index contributed by atoms with van der Waals surface area (Å²) in [7, 11) is 0. The number of fused-ring (bicyclic) bond motifs is 1. The van der Waals surface area contributed by atoms with Gasteiger partial charge >= 0.3 is 0 Å². The Morgan fingerprint density at radius 1 is 1.08 bits per heavy atom. The molecule has 0 atom stereocenters. The molecule has 1 amide bonds. The van der Waals surface area contributed by atoms with Crippen molar-refractivity contribution < 1.29 is 13.9 Å². The van der Waals surface area contributed by atoms with Crippen molar-refractivity contribution in [1.29, 1.82) is 0 Å². The number of furan rings is 1. The number of carbonyl (C=O) groups is 1. The van der Waals surface area contributed by atoms with Crippen LogP contribution < -0.4 is 0 Å². The molecule has 1 aromatic heterocycles. The molecule has 0 N–H and O–H groups in total. The van der Waals surface area contributed by atoms with Crippen LogP contribution in [0, 0.1) is 0 Å². The first-order chi connectivity index (χ1) is 12.3. The minimum Gasteiger partial charge on any atom is -0.461 e. The van der Waals surface area contributed by atoms with Crippen LogP contribution in [0.1, 0.15) is 25.0 Å². The van der Waals surface area contributed by atoms with E-state index in [1.54, 1.807) is 0 Å². The molecule has 2 aliphatic heterocycles. The van der Waals surface area contributed by atoms with Crippen molar-refractivity contribution in [2.75, 3.05) is 39.4 Å². The summed E-state index contributed by atoms with van der Waals surface area (Å²) in [4.78, 5) is 17.2. The van der Waals surface area contributed by atoms with Gasteiger partial charge in [0.25, 0.3) is 0 Å². The quantitative estimate of drug-likeness (QED) is 0.860. The summed E-state index contributed by atoms with van der Waals surface area (Å²) in [6, 6.07) is 10.5. The van der Waals surface area contributed by atoms with Gasteiger partial charge in [-0.1, -0.05) is 18.2 Å². The summed E-state index contributed by atoms with van der Waals surface area (Å²) in [5.74, 6) is 0.940. The van der Waals surface area contributed by atoms with Crippen LogP contribution in [0.4, 0.5) is 0 Å². The van der Waals surface area contributed by atoms with Gasteiger partial charge in [0.1, 0.15) is 11.3 Å². The Morgan fingerprint density at radius 3 is 2.76 bits per heavy atom. The maximum atomic E-state index is 12.6. The fourth-order valence-electron chi connectivity index (χ4n) is 4.00. The molecule has 0 saturated carbocycles. The van der Waals surface area contributed by atoms with Gasteiger partial charge < -0.3 is 14.1 Å². The predicted molar refractivity (Wildman–Crippen MR) is 96.5 cm³/mol. The number of amides is 1. The molecule has 1 aromatic carbocycles. The van der Waals surface area contributed by atoms with Crippen LogP contribution in [0.5, 0.6) is 0 Å². The number of hydrogen-bond acceptors (Lipinski definition) is 4. The third-order valence-corrected chi connectivity index (χ3v) is 5.39. The summed E-state index contributed by atoms with van der Waals surface area (Å²) in [5.41, 5.74) is 0.854. The third kappa shape index (κ3) is 3.88. The molecular formula is C20H26N2O3. The normalized spacial score (nSPS) is 20.7. The Labute approximate surface area is 148 Å². The topological polar surface area (TPSA) is 45.9 Å². The van der Waals surface area contributed by atoms with E-state index in [0.29, 0.717) is 12.5 Å². The van der Waals surface area contributed by atoms with Crippen molar-refractivity contribution >= 4 is 16.9 Å². The van der Waals surface area contributed by atoms with Crippen LogP contribution in [0.3, 0.4) is 0 Å². The molecule has 0 aliphatic carbocycles. The van der Waals surface area contributed by atoms with E-state index in [1.165, 1.54) is 0 Å². The largest absolute Gasteiger partial charge is 0.461 e. The fraction of sp³-hybridized carbons (Fsp3) is 0.550. The van der Waals surface area contributed by atoms with E-state index >= 15 is 0 Å². The highest BCUT2D eigenvalue weighted by molar-refractivity contribution is 5.82. The van der Waals surface area contributed by atoms with Gasteiger partial charge in [0.2, 0.25) is 5.91 Å². The van der Waals surface area contributed by atoms with Crippen molar-refractivity contribution in [2.45, 2.75) is 31.7 Å². The first-order valence-electron chi connectivity index (χ1n) is 9.36. The second-order valence-corrected chi connectivity index (χ2v) is 7.04. The molecule has 134 valence electrons. The number of benzene rings is 1. The lowest BCUT2D eigenvalue weighted by Crippen LogP contribution is -2.47. The minimum atomic E-state index is 0.178. The predicted octanol–water partition coefficient (Wildman–Crippen LogP) is 2.69. The molecule has 25 heavy (non-hydrogen) atoms. The number of likely N-dealkylation sites (tertiary alicyclic amines) is 1. The number of nitrogens with zero attached hydrogens (tertiary/aromatic N) is 2. The number of para-hydroxylation sites is 1. The molecule has 2 fully saturated rings. The number of hydrogen-bond donors (Lipinski definition) is 0. The van der Waals surface area contributed by atoms with Crippen LogP contribution in [0.2, 0.25) is 0 Å². The van der Waals surface area contributed by atoms with E-state index in [9.17, 15) is 4.79 Å². The van der Waals surface area contributed by atoms with Gasteiger partial charge in [0.05, 0.1) is 13.0 Å². The van der Waals surface area contributed by atoms with Gasteiger partial charge in [-0.25, -0.2) is 0 Å². The lowest BCUT2D eigenvalue weighted by Gasteiger charge is -2.37. The highest BCUT2D eigenvalue weighted by Gasteiger charge is 2.27. The maximum absolute atomic E-state index is 12.6. The SMILES string of the molecule is O=C(Cc1cc2ccccc2o1)N1CCC(N2CCCOCC2)CC1. The van der Waals surface area contributed by atoms with Gasteiger partial charge in [-0.3, -0.25) is 9.69 Å². The van der Waals surface area contributed by atoms with Crippen molar-refractivity contribution in [3.63, 3.8) is 0 Å². The molecular weight excluding hydrogens is 316 g/mol. The molecule has 5 nitrogen and oxygen atoms in total. The van der Waals surface area contributed by atoms with Gasteiger partial charge in [0.15, 0.2) is 0 Å². The lowest BCUT2D eigenvalue weighted by molar-refractivity contribution is -0.132. The lowest BCUT2D eigenvalue weighted by atomic mass is 10.0. The van der Waals surface area contributed by atoms with Crippen LogP contribution in [-0.4, -0.2) is 61.1 Å². The van der Waals surface area contributed by atoms with E-state index in [2.05, 4.69) is 4.90 Å². The van der Waals surface area contributed by atoms with E-state index in [4.69, 9.17) is 9.15 Å². The van der Waals surface area contributed by atoms with E-state index < -0.39 is 0 Å². The van der Waals surface area contributed by atoms with Crippen molar-refractivity contribution in [1.82, 2.24) is 9.80 Å². The zero-order chi connectivity index (χ0) is 17.1. The van der Waals surface area contributed by atoms with Crippen LogP contribution in [-0.2, 0) is 16.0 Å². The summed E-state index contributed by atoms with van der Waals surface area (Å²) in [6.45, 7) is 5.56. The van der Waals surface area contributed by atoms with Gasteiger partial charge in [-0.2, -0.15) is 0 Å². The van der Waals surface area contributed by atoms with Crippen molar-refractivity contribution in [2.24, 2.45) is 0 Å². The highest BCUT2D eigenvalue weighted by atomic mass is 16.5. The first-order valence-corrected chi connectivity index (χ1v) is 9.36. The molecule has 5 heteroatoms. The molecule has 0 bridgehead atoms. The van der Waals surface area contributed by atoms with Crippen molar-refractivity contribution in [3.05, 3.63) is 36.1 Å². The fourth-order valence-corrected chi connectivity index (χ4v) is 4.00. The first kappa shape index (κ1) is 16.6. The van der Waals surface area contributed by atoms with Crippen molar-refractivity contribution in [3.8, 4) is 0 Å². The van der Waals surface area contributed by atoms with E-state index in [0.717, 1.165) is 75.4 Å². The monoisotopic (exact) mass is 342 g/mol. The second kappa shape index (κ2) is 7.58. The standard InChI is InChI=1S/C20H26N2O3/c23-20(15-18-14-16-4-1-2-5-19(16)25-18)22-9-6-17(7-10-22)21-8-3-12-24-13-11-21/h1-2,4-5,14,17H,3,6-13,15H2. The summed E-state index contributed by atoms with van der Waals surface area (Å²) in [6.07, 6.45) is 3.60. The second-order valence-electron chi connectivity index (χ2n) is 7.04. The van der Waals surface area contributed by atoms with Crippen LogP contribution >= 0.6 is 0 Å². The molecule has 4 rings (SSSR count). The van der Waals surface area contributed by atoms with Crippen LogP contribution in [0.15, 0.2) is 34.7 Å². The number of ether oxygens (including phenoxy) is 1. The minimum absolute atomic E-state index is 0.178. The number of piperidine rings is 1. The van der Waals surface area contributed by atoms with E-state index in [1.807, 2.05) is 35.2 Å². The Morgan fingerprint density at radius 2 is 1.92 bits per heavy atom. The summed E-state index contributed by atoms with van der Waals surface area (Å²) >= 11 is 0. The zero-order valence-electron chi connectivity index (χ0n) is 14.7. The Kier molecular flexibility index (Phi) is 5.04. The zero-order valence-corrected chi connectivity index (χ0v) is 14.7. The highest BCUT2D eigenvalue weighted by Crippen LogP contribution is 2.22. The average Bonchev–Trinajstić information content (AvgIpc) is 2.86. The Bertz CT molecular complexity index is 678. The molecule has 0 unspecified atom stereocenters. The summed E-state index contributed by atoms with van der Waals surface area (Å²) in [5, 5.41) is 1.06. The smallest absolute Gasteiger partial charge is 0.230 e. The molecule has 0 radical (unpaired) electrons. The molecule has 2 saturated heterocycles. The van der Waals surface area contributed by atoms with Gasteiger partial charge in [-0.15, -0.1) is 0 Å². The van der Waals surface area contributed by atoms with E-state index in [-0.39, 0.29) is 5.91 Å². The van der Waals surface area contributed by atoms with Gasteiger partial charge in [0, 0.05) is 44.2 Å². The average molecular weight is 342 g/mol. The number of rotatable bonds is 3. The summed E-state index contributed by atoms with van der Waals surface area (Å²) < 4.78 is 11.3. The van der Waals surface area contributed by atoms with Crippen LogP contribution in [0.25, 0.3) is 11.0 Å². The third-order valence-electron chi connectivity index (χ3n) is 5.39. The van der Waals surface area contributed by atoms with Gasteiger partial charge in [-0.05, 0) is 31.4 Å². The molecule has 2 aliphatic rings. The molecule has 2 aromatic rings. The Balaban J connectivity index is 1.31. The molecule has 3 heterocycles. The molecule has 0 spiro atoms.